The summed E-state index contributed by atoms with van der Waals surface area (Å²) in [4.78, 5) is 10.8. The van der Waals surface area contributed by atoms with E-state index in [2.05, 4.69) is 5.10 Å². The van der Waals surface area contributed by atoms with Gasteiger partial charge in [0.1, 0.15) is 0 Å². The van der Waals surface area contributed by atoms with Crippen molar-refractivity contribution in [3.8, 4) is 5.69 Å². The second kappa shape index (κ2) is 7.01. The van der Waals surface area contributed by atoms with Gasteiger partial charge in [0.25, 0.3) is 0 Å². The molecule has 0 spiro atoms. The largest absolute Gasteiger partial charge is 0.478 e. The number of benzene rings is 1. The lowest BCUT2D eigenvalue weighted by Gasteiger charge is -2.14. The van der Waals surface area contributed by atoms with Crippen LogP contribution in [0.5, 0.6) is 0 Å². The van der Waals surface area contributed by atoms with Gasteiger partial charge in [-0.2, -0.15) is 5.10 Å². The first kappa shape index (κ1) is 15.2. The summed E-state index contributed by atoms with van der Waals surface area (Å²) in [6.45, 7) is 4.90. The van der Waals surface area contributed by atoms with Crippen LogP contribution in [0.15, 0.2) is 36.7 Å². The van der Waals surface area contributed by atoms with E-state index >= 15 is 0 Å². The molecular weight excluding hydrogens is 272 g/mol. The van der Waals surface area contributed by atoms with E-state index in [0.717, 1.165) is 11.3 Å². The highest BCUT2D eigenvalue weighted by Crippen LogP contribution is 2.20. The molecule has 1 aromatic carbocycles. The van der Waals surface area contributed by atoms with Crippen LogP contribution in [0.25, 0.3) is 5.69 Å². The summed E-state index contributed by atoms with van der Waals surface area (Å²) in [6, 6.07) is 6.50. The Morgan fingerprint density at radius 1 is 1.24 bits per heavy atom. The molecule has 6 nitrogen and oxygen atoms in total. The summed E-state index contributed by atoms with van der Waals surface area (Å²) in [5.74, 6) is -0.949. The Morgan fingerprint density at radius 2 is 1.86 bits per heavy atom. The van der Waals surface area contributed by atoms with Gasteiger partial charge < -0.3 is 14.6 Å². The molecule has 21 heavy (non-hydrogen) atoms. The van der Waals surface area contributed by atoms with Crippen LogP contribution in [0, 0.1) is 0 Å². The number of ether oxygens (including phenoxy) is 2. The number of carboxylic acids is 1. The fourth-order valence-corrected chi connectivity index (χ4v) is 1.90. The molecule has 112 valence electrons. The summed E-state index contributed by atoms with van der Waals surface area (Å²) >= 11 is 0. The van der Waals surface area contributed by atoms with E-state index in [0.29, 0.717) is 13.2 Å². The van der Waals surface area contributed by atoms with Gasteiger partial charge in [-0.25, -0.2) is 9.48 Å². The number of hydrogen-bond acceptors (Lipinski definition) is 4. The van der Waals surface area contributed by atoms with Crippen molar-refractivity contribution in [2.75, 3.05) is 13.2 Å². The SMILES string of the molecule is CCOC(OCC)c1cnn(-c2ccc(C(=O)O)cc2)c1. The van der Waals surface area contributed by atoms with Crippen molar-refractivity contribution in [1.82, 2.24) is 9.78 Å². The van der Waals surface area contributed by atoms with E-state index in [1.165, 1.54) is 0 Å². The molecule has 0 bridgehead atoms. The number of aromatic nitrogens is 2. The summed E-state index contributed by atoms with van der Waals surface area (Å²) < 4.78 is 12.7. The molecule has 1 N–H and O–H groups in total. The molecule has 0 radical (unpaired) electrons. The van der Waals surface area contributed by atoms with Crippen LogP contribution in [-0.4, -0.2) is 34.1 Å². The Morgan fingerprint density at radius 3 is 2.38 bits per heavy atom. The Labute approximate surface area is 122 Å². The number of rotatable bonds is 7. The first-order chi connectivity index (χ1) is 10.2. The molecule has 0 atom stereocenters. The van der Waals surface area contributed by atoms with Gasteiger partial charge >= 0.3 is 5.97 Å². The lowest BCUT2D eigenvalue weighted by molar-refractivity contribution is -0.140. The monoisotopic (exact) mass is 290 g/mol. The number of carbonyl (C=O) groups is 1. The molecule has 2 aromatic rings. The summed E-state index contributed by atoms with van der Waals surface area (Å²) in [5.41, 5.74) is 1.84. The van der Waals surface area contributed by atoms with Gasteiger partial charge in [-0.3, -0.25) is 0 Å². The number of nitrogens with zero attached hydrogens (tertiary/aromatic N) is 2. The minimum absolute atomic E-state index is 0.243. The second-order valence-electron chi connectivity index (χ2n) is 4.31. The normalized spacial score (nSPS) is 11.0. The van der Waals surface area contributed by atoms with Gasteiger partial charge in [0, 0.05) is 25.0 Å². The van der Waals surface area contributed by atoms with Gasteiger partial charge in [0.15, 0.2) is 6.29 Å². The molecule has 2 rings (SSSR count). The summed E-state index contributed by atoms with van der Waals surface area (Å²) in [7, 11) is 0. The third kappa shape index (κ3) is 3.68. The minimum Gasteiger partial charge on any atom is -0.478 e. The van der Waals surface area contributed by atoms with Gasteiger partial charge in [0.2, 0.25) is 0 Å². The van der Waals surface area contributed by atoms with E-state index in [-0.39, 0.29) is 5.56 Å². The topological polar surface area (TPSA) is 73.6 Å². The quantitative estimate of drug-likeness (QED) is 0.793. The molecule has 1 heterocycles. The fraction of sp³-hybridized carbons (Fsp3) is 0.333. The standard InChI is InChI=1S/C15H18N2O4/c1-3-20-15(21-4-2)12-9-16-17(10-12)13-7-5-11(6-8-13)14(18)19/h5-10,15H,3-4H2,1-2H3,(H,18,19). The van der Waals surface area contributed by atoms with E-state index in [4.69, 9.17) is 14.6 Å². The Balaban J connectivity index is 2.20. The van der Waals surface area contributed by atoms with Crippen LogP contribution in [0.4, 0.5) is 0 Å². The number of carboxylic acid groups (broad SMARTS) is 1. The van der Waals surface area contributed by atoms with E-state index in [1.807, 2.05) is 20.0 Å². The van der Waals surface area contributed by atoms with Gasteiger partial charge in [-0.15, -0.1) is 0 Å². The summed E-state index contributed by atoms with van der Waals surface area (Å²) in [5, 5.41) is 13.1. The third-order valence-corrected chi connectivity index (χ3v) is 2.89. The highest BCUT2D eigenvalue weighted by Gasteiger charge is 2.14. The maximum absolute atomic E-state index is 10.8. The zero-order valence-corrected chi connectivity index (χ0v) is 12.0. The molecule has 0 saturated carbocycles. The molecule has 0 aliphatic heterocycles. The number of hydrogen-bond donors (Lipinski definition) is 1. The van der Waals surface area contributed by atoms with Crippen LogP contribution in [0.1, 0.15) is 36.1 Å². The van der Waals surface area contributed by atoms with Crippen LogP contribution < -0.4 is 0 Å². The Kier molecular flexibility index (Phi) is 5.08. The fourth-order valence-electron chi connectivity index (χ4n) is 1.90. The average molecular weight is 290 g/mol. The highest BCUT2D eigenvalue weighted by molar-refractivity contribution is 5.87. The van der Waals surface area contributed by atoms with E-state index < -0.39 is 12.3 Å². The maximum Gasteiger partial charge on any atom is 0.335 e. The minimum atomic E-state index is -0.949. The van der Waals surface area contributed by atoms with Crippen molar-refractivity contribution in [2.24, 2.45) is 0 Å². The van der Waals surface area contributed by atoms with Crippen LogP contribution >= 0.6 is 0 Å². The number of aromatic carboxylic acids is 1. The highest BCUT2D eigenvalue weighted by atomic mass is 16.7. The molecule has 6 heteroatoms. The van der Waals surface area contributed by atoms with Crippen molar-refractivity contribution in [2.45, 2.75) is 20.1 Å². The van der Waals surface area contributed by atoms with Gasteiger partial charge in [-0.1, -0.05) is 0 Å². The van der Waals surface area contributed by atoms with Gasteiger partial charge in [-0.05, 0) is 38.1 Å². The predicted molar refractivity (Wildman–Crippen MR) is 76.5 cm³/mol. The van der Waals surface area contributed by atoms with Crippen molar-refractivity contribution in [3.63, 3.8) is 0 Å². The molecule has 0 amide bonds. The smallest absolute Gasteiger partial charge is 0.335 e. The molecule has 0 saturated heterocycles. The summed E-state index contributed by atoms with van der Waals surface area (Å²) in [6.07, 6.45) is 3.05. The lowest BCUT2D eigenvalue weighted by atomic mass is 10.2. The van der Waals surface area contributed by atoms with Crippen molar-refractivity contribution >= 4 is 5.97 Å². The average Bonchev–Trinajstić information content (AvgIpc) is 2.97. The van der Waals surface area contributed by atoms with Crippen molar-refractivity contribution < 1.29 is 19.4 Å². The second-order valence-corrected chi connectivity index (χ2v) is 4.31. The first-order valence-electron chi connectivity index (χ1n) is 6.77. The molecule has 0 aliphatic rings. The maximum atomic E-state index is 10.8. The zero-order valence-electron chi connectivity index (χ0n) is 12.0. The molecular formula is C15H18N2O4. The Hall–Kier alpha value is -2.18. The molecule has 0 fully saturated rings. The molecule has 0 aliphatic carbocycles. The zero-order chi connectivity index (χ0) is 15.2. The molecule has 0 unspecified atom stereocenters. The third-order valence-electron chi connectivity index (χ3n) is 2.89. The van der Waals surface area contributed by atoms with Crippen LogP contribution in [0.3, 0.4) is 0 Å². The van der Waals surface area contributed by atoms with E-state index in [1.54, 1.807) is 35.1 Å². The van der Waals surface area contributed by atoms with Crippen molar-refractivity contribution in [3.05, 3.63) is 47.8 Å². The van der Waals surface area contributed by atoms with Crippen molar-refractivity contribution in [1.29, 1.82) is 0 Å². The van der Waals surface area contributed by atoms with Crippen LogP contribution in [0.2, 0.25) is 0 Å². The predicted octanol–water partition coefficient (Wildman–Crippen LogP) is 2.64. The first-order valence-corrected chi connectivity index (χ1v) is 6.77. The Bertz CT molecular complexity index is 586. The van der Waals surface area contributed by atoms with Gasteiger partial charge in [0.05, 0.1) is 17.4 Å². The van der Waals surface area contributed by atoms with Crippen LogP contribution in [-0.2, 0) is 9.47 Å². The molecule has 1 aromatic heterocycles. The lowest BCUT2D eigenvalue weighted by Crippen LogP contribution is -2.08. The van der Waals surface area contributed by atoms with E-state index in [9.17, 15) is 4.79 Å².